The number of amides is 2. The Bertz CT molecular complexity index is 1010. The topological polar surface area (TPSA) is 105 Å². The van der Waals surface area contributed by atoms with Crippen molar-refractivity contribution in [1.82, 2.24) is 10.6 Å². The average Bonchev–Trinajstić information content (AvgIpc) is 2.98. The lowest BCUT2D eigenvalue weighted by Crippen LogP contribution is -2.47. The maximum Gasteiger partial charge on any atom is 0.407 e. The van der Waals surface area contributed by atoms with Crippen LogP contribution in [0.4, 0.5) is 4.79 Å². The molecule has 2 aromatic carbocycles. The van der Waals surface area contributed by atoms with E-state index in [0.29, 0.717) is 18.7 Å². The van der Waals surface area contributed by atoms with Gasteiger partial charge in [-0.05, 0) is 35.1 Å². The summed E-state index contributed by atoms with van der Waals surface area (Å²) in [6, 6.07) is 16.1. The summed E-state index contributed by atoms with van der Waals surface area (Å²) in [4.78, 5) is 36.3. The fourth-order valence-corrected chi connectivity index (χ4v) is 5.69. The number of carbonyl (C=O) groups is 3. The van der Waals surface area contributed by atoms with Gasteiger partial charge in [-0.25, -0.2) is 4.79 Å². The van der Waals surface area contributed by atoms with Gasteiger partial charge < -0.3 is 20.5 Å². The summed E-state index contributed by atoms with van der Waals surface area (Å²) in [6.45, 7) is 0.648. The van der Waals surface area contributed by atoms with Crippen molar-refractivity contribution in [2.45, 2.75) is 44.1 Å². The maximum absolute atomic E-state index is 12.9. The minimum Gasteiger partial charge on any atom is -0.481 e. The van der Waals surface area contributed by atoms with Crippen molar-refractivity contribution in [3.05, 3.63) is 59.7 Å². The summed E-state index contributed by atoms with van der Waals surface area (Å²) in [5.74, 6) is -0.725. The molecule has 2 amide bonds. The normalized spacial score (nSPS) is 19.2. The summed E-state index contributed by atoms with van der Waals surface area (Å²) in [5.41, 5.74) is 4.68. The molecule has 0 radical (unpaired) electrons. The van der Waals surface area contributed by atoms with Gasteiger partial charge in [0.15, 0.2) is 0 Å². The molecule has 7 nitrogen and oxygen atoms in total. The van der Waals surface area contributed by atoms with Crippen LogP contribution in [0.15, 0.2) is 48.5 Å². The maximum atomic E-state index is 12.9. The van der Waals surface area contributed by atoms with Crippen molar-refractivity contribution < 1.29 is 24.2 Å². The fraction of sp³-hybridized carbons (Fsp3) is 0.444. The lowest BCUT2D eigenvalue weighted by molar-refractivity contribution is -0.134. The van der Waals surface area contributed by atoms with E-state index < -0.39 is 12.1 Å². The third-order valence-electron chi connectivity index (χ3n) is 6.77. The molecule has 1 saturated carbocycles. The fourth-order valence-electron chi connectivity index (χ4n) is 5.12. The highest BCUT2D eigenvalue weighted by atomic mass is 32.2. The van der Waals surface area contributed by atoms with Crippen molar-refractivity contribution in [3.63, 3.8) is 0 Å². The number of fused-ring (bicyclic) bond motifs is 3. The molecule has 2 atom stereocenters. The molecule has 3 N–H and O–H groups in total. The Hall–Kier alpha value is -3.00. The van der Waals surface area contributed by atoms with Crippen LogP contribution in [0.3, 0.4) is 0 Å². The van der Waals surface area contributed by atoms with Gasteiger partial charge in [-0.15, -0.1) is 11.8 Å². The number of thioether (sulfide) groups is 1. The van der Waals surface area contributed by atoms with Gasteiger partial charge in [0.25, 0.3) is 0 Å². The van der Waals surface area contributed by atoms with Crippen LogP contribution in [0.25, 0.3) is 11.1 Å². The van der Waals surface area contributed by atoms with E-state index in [1.807, 2.05) is 24.3 Å². The number of carboxylic acid groups (broad SMARTS) is 1. The van der Waals surface area contributed by atoms with Crippen molar-refractivity contribution in [2.24, 2.45) is 5.92 Å². The van der Waals surface area contributed by atoms with Gasteiger partial charge in [0.05, 0.1) is 11.7 Å². The zero-order chi connectivity index (χ0) is 24.6. The standard InChI is InChI=1S/C27H32N2O5S/c30-25(31)17-35-15-14-28-26(32)22-12-2-1-3-13-24(22)29-27(33)34-16-23-20-10-6-4-8-18(20)19-9-5-7-11-21(19)23/h4-11,22-24H,1-3,12-17H2,(H,28,32)(H,29,33)(H,30,31). The number of aliphatic carboxylic acids is 1. The van der Waals surface area contributed by atoms with E-state index in [9.17, 15) is 14.4 Å². The molecule has 0 aromatic heterocycles. The first-order valence-corrected chi connectivity index (χ1v) is 13.4. The van der Waals surface area contributed by atoms with E-state index in [0.717, 1.165) is 36.8 Å². The Kier molecular flexibility index (Phi) is 8.69. The highest BCUT2D eigenvalue weighted by Crippen LogP contribution is 2.44. The summed E-state index contributed by atoms with van der Waals surface area (Å²) in [5, 5.41) is 14.6. The predicted molar refractivity (Wildman–Crippen MR) is 137 cm³/mol. The summed E-state index contributed by atoms with van der Waals surface area (Å²) in [6.07, 6.45) is 3.87. The molecule has 1 fully saturated rings. The Balaban J connectivity index is 1.33. The Morgan fingerprint density at radius 2 is 1.60 bits per heavy atom. The number of ether oxygens (including phenoxy) is 1. The molecule has 35 heavy (non-hydrogen) atoms. The molecule has 0 spiro atoms. The molecule has 0 saturated heterocycles. The molecule has 8 heteroatoms. The highest BCUT2D eigenvalue weighted by molar-refractivity contribution is 7.99. The Labute approximate surface area is 210 Å². The molecule has 2 aromatic rings. The molecule has 4 rings (SSSR count). The molecule has 2 unspecified atom stereocenters. The van der Waals surface area contributed by atoms with Crippen molar-refractivity contribution in [3.8, 4) is 11.1 Å². The van der Waals surface area contributed by atoms with Crippen LogP contribution < -0.4 is 10.6 Å². The minimum absolute atomic E-state index is 0.00955. The highest BCUT2D eigenvalue weighted by Gasteiger charge is 2.32. The van der Waals surface area contributed by atoms with Crippen LogP contribution in [-0.2, 0) is 14.3 Å². The van der Waals surface area contributed by atoms with E-state index >= 15 is 0 Å². The smallest absolute Gasteiger partial charge is 0.407 e. The first kappa shape index (κ1) is 25.1. The van der Waals surface area contributed by atoms with E-state index in [2.05, 4.69) is 34.9 Å². The van der Waals surface area contributed by atoms with Crippen LogP contribution in [0.2, 0.25) is 0 Å². The molecular formula is C27H32N2O5S. The molecule has 2 aliphatic rings. The molecule has 186 valence electrons. The number of alkyl carbamates (subject to hydrolysis) is 1. The zero-order valence-corrected chi connectivity index (χ0v) is 20.5. The summed E-state index contributed by atoms with van der Waals surface area (Å²) in [7, 11) is 0. The van der Waals surface area contributed by atoms with Crippen LogP contribution >= 0.6 is 11.8 Å². The largest absolute Gasteiger partial charge is 0.481 e. The summed E-state index contributed by atoms with van der Waals surface area (Å²) >= 11 is 1.27. The van der Waals surface area contributed by atoms with Gasteiger partial charge in [0.2, 0.25) is 5.91 Å². The van der Waals surface area contributed by atoms with Gasteiger partial charge in [-0.2, -0.15) is 0 Å². The van der Waals surface area contributed by atoms with Gasteiger partial charge in [-0.1, -0.05) is 67.8 Å². The first-order valence-electron chi connectivity index (χ1n) is 12.2. The van der Waals surface area contributed by atoms with Crippen molar-refractivity contribution in [1.29, 1.82) is 0 Å². The molecule has 0 bridgehead atoms. The van der Waals surface area contributed by atoms with E-state index in [-0.39, 0.29) is 36.1 Å². The zero-order valence-electron chi connectivity index (χ0n) is 19.7. The van der Waals surface area contributed by atoms with Crippen LogP contribution in [0, 0.1) is 5.92 Å². The second kappa shape index (κ2) is 12.1. The van der Waals surface area contributed by atoms with Crippen molar-refractivity contribution >= 4 is 29.7 Å². The van der Waals surface area contributed by atoms with E-state index in [1.165, 1.54) is 22.9 Å². The molecule has 2 aliphatic carbocycles. The molecule has 0 aliphatic heterocycles. The van der Waals surface area contributed by atoms with E-state index in [4.69, 9.17) is 9.84 Å². The van der Waals surface area contributed by atoms with Crippen LogP contribution in [0.1, 0.15) is 49.1 Å². The van der Waals surface area contributed by atoms with E-state index in [1.54, 1.807) is 0 Å². The first-order chi connectivity index (χ1) is 17.0. The van der Waals surface area contributed by atoms with Crippen LogP contribution in [-0.4, -0.2) is 53.8 Å². The lowest BCUT2D eigenvalue weighted by atomic mass is 9.94. The number of hydrogen-bond acceptors (Lipinski definition) is 5. The number of hydrogen-bond donors (Lipinski definition) is 3. The number of benzene rings is 2. The number of carbonyl (C=O) groups excluding carboxylic acids is 2. The Morgan fingerprint density at radius 3 is 2.29 bits per heavy atom. The van der Waals surface area contributed by atoms with Crippen molar-refractivity contribution in [2.75, 3.05) is 24.7 Å². The van der Waals surface area contributed by atoms with Gasteiger partial charge in [0.1, 0.15) is 6.61 Å². The van der Waals surface area contributed by atoms with Crippen LogP contribution in [0.5, 0.6) is 0 Å². The second-order valence-electron chi connectivity index (χ2n) is 9.06. The van der Waals surface area contributed by atoms with Gasteiger partial charge >= 0.3 is 12.1 Å². The second-order valence-corrected chi connectivity index (χ2v) is 10.2. The number of carboxylic acids is 1. The SMILES string of the molecule is O=C(O)CSCCNC(=O)C1CCCCCC1NC(=O)OCC1c2ccccc2-c2ccccc21. The average molecular weight is 497 g/mol. The third kappa shape index (κ3) is 6.36. The minimum atomic E-state index is -0.863. The predicted octanol–water partition coefficient (Wildman–Crippen LogP) is 4.41. The molecular weight excluding hydrogens is 464 g/mol. The summed E-state index contributed by atoms with van der Waals surface area (Å²) < 4.78 is 5.71. The monoisotopic (exact) mass is 496 g/mol. The van der Waals surface area contributed by atoms with Gasteiger partial charge in [-0.3, -0.25) is 9.59 Å². The number of nitrogens with one attached hydrogen (secondary N) is 2. The molecule has 0 heterocycles. The van der Waals surface area contributed by atoms with Gasteiger partial charge in [0, 0.05) is 24.3 Å². The number of rotatable bonds is 9. The third-order valence-corrected chi connectivity index (χ3v) is 7.71. The quantitative estimate of drug-likeness (QED) is 0.351. The lowest BCUT2D eigenvalue weighted by Gasteiger charge is -2.25. The Morgan fingerprint density at radius 1 is 0.943 bits per heavy atom.